The lowest BCUT2D eigenvalue weighted by atomic mass is 10.2. The second-order valence-corrected chi connectivity index (χ2v) is 6.90. The molecule has 1 nitrogen and oxygen atoms in total. The van der Waals surface area contributed by atoms with Crippen LogP contribution in [0, 0.1) is 0 Å². The van der Waals surface area contributed by atoms with E-state index in [0.29, 0.717) is 0 Å². The van der Waals surface area contributed by atoms with Gasteiger partial charge in [-0.2, -0.15) is 0 Å². The van der Waals surface area contributed by atoms with E-state index in [1.54, 1.807) is 5.12 Å². The van der Waals surface area contributed by atoms with Gasteiger partial charge in [0.2, 0.25) is 0 Å². The summed E-state index contributed by atoms with van der Waals surface area (Å²) in [6.07, 6.45) is 0. The summed E-state index contributed by atoms with van der Waals surface area (Å²) in [6.45, 7) is 2.38. The highest BCUT2D eigenvalue weighted by atomic mass is 31.1. The number of para-hydroxylation sites is 1. The molecule has 2 heterocycles. The molecule has 4 rings (SSSR count). The molecule has 2 aromatic carbocycles. The second-order valence-electron chi connectivity index (χ2n) is 4.85. The second kappa shape index (κ2) is 3.40. The average Bonchev–Trinajstić information content (AvgIpc) is 2.87. The molecule has 0 saturated carbocycles. The number of hydrogen-bond acceptors (Lipinski definition) is 0. The van der Waals surface area contributed by atoms with Crippen molar-refractivity contribution in [3.05, 3.63) is 48.5 Å². The zero-order chi connectivity index (χ0) is 12.3. The van der Waals surface area contributed by atoms with Crippen LogP contribution in [0.1, 0.15) is 0 Å². The molecule has 0 fully saturated rings. The Balaban J connectivity index is 2.44. The molecule has 0 bridgehead atoms. The van der Waals surface area contributed by atoms with Crippen LogP contribution in [-0.2, 0) is 13.7 Å². The first-order chi connectivity index (χ1) is 8.79. The third-order valence-corrected chi connectivity index (χ3v) is 6.17. The highest BCUT2D eigenvalue weighted by molar-refractivity contribution is 7.60. The molecule has 0 aliphatic rings. The van der Waals surface area contributed by atoms with Gasteiger partial charge < -0.3 is 4.57 Å². The number of benzene rings is 2. The summed E-state index contributed by atoms with van der Waals surface area (Å²) in [5, 5.41) is 5.95. The van der Waals surface area contributed by atoms with Gasteiger partial charge in [-0.15, -0.1) is 7.53 Å². The number of aromatic nitrogens is 1. The van der Waals surface area contributed by atoms with E-state index in [0.717, 1.165) is 0 Å². The lowest BCUT2D eigenvalue weighted by Gasteiger charge is -1.99. The Morgan fingerprint density at radius 2 is 1.56 bits per heavy atom. The van der Waals surface area contributed by atoms with Crippen molar-refractivity contribution < 1.29 is 0 Å². The minimum Gasteiger partial charge on any atom is -0.343 e. The van der Waals surface area contributed by atoms with Gasteiger partial charge >= 0.3 is 0 Å². The SMILES string of the molecule is Cn1c2ccccc2c2c1c1ccccc1p2C. The molecular formula is C16H14NP. The number of nitrogens with zero attached hydrogens (tertiary/aromatic N) is 1. The quantitative estimate of drug-likeness (QED) is 0.414. The standard InChI is InChI=1S/C16H14NP/c1-17-13-9-5-3-7-11(13)16-15(17)12-8-4-6-10-14(12)18(16)2/h3-10H,1-2H3. The van der Waals surface area contributed by atoms with Crippen LogP contribution in [0.4, 0.5) is 0 Å². The fourth-order valence-electron chi connectivity index (χ4n) is 3.11. The first kappa shape index (κ1) is 10.2. The average molecular weight is 251 g/mol. The van der Waals surface area contributed by atoms with Crippen molar-refractivity contribution in [2.45, 2.75) is 0 Å². The smallest absolute Gasteiger partial charge is 0.0612 e. The number of aryl methyl sites for hydroxylation is 2. The van der Waals surface area contributed by atoms with Crippen LogP contribution < -0.4 is 0 Å². The Kier molecular flexibility index (Phi) is 1.93. The highest BCUT2D eigenvalue weighted by Crippen LogP contribution is 2.50. The summed E-state index contributed by atoms with van der Waals surface area (Å²) in [5.41, 5.74) is 2.78. The van der Waals surface area contributed by atoms with Gasteiger partial charge in [-0.25, -0.2) is 0 Å². The maximum Gasteiger partial charge on any atom is 0.0612 e. The summed E-state index contributed by atoms with van der Waals surface area (Å²) in [7, 11) is 1.99. The highest BCUT2D eigenvalue weighted by Gasteiger charge is 2.15. The molecule has 18 heavy (non-hydrogen) atoms. The third kappa shape index (κ3) is 1.08. The lowest BCUT2D eigenvalue weighted by molar-refractivity contribution is 1.02. The Morgan fingerprint density at radius 1 is 0.889 bits per heavy atom. The zero-order valence-corrected chi connectivity index (χ0v) is 11.4. The van der Waals surface area contributed by atoms with Crippen LogP contribution in [0.2, 0.25) is 0 Å². The summed E-state index contributed by atoms with van der Waals surface area (Å²) in [6, 6.07) is 17.6. The van der Waals surface area contributed by atoms with Crippen LogP contribution in [0.3, 0.4) is 0 Å². The normalized spacial score (nSPS) is 12.9. The van der Waals surface area contributed by atoms with Crippen molar-refractivity contribution in [3.8, 4) is 0 Å². The molecule has 88 valence electrons. The van der Waals surface area contributed by atoms with Gasteiger partial charge in [-0.05, 0) is 12.7 Å². The van der Waals surface area contributed by atoms with E-state index in [-0.39, 0.29) is 7.53 Å². The summed E-state index contributed by atoms with van der Waals surface area (Å²) < 4.78 is 2.36. The molecule has 0 radical (unpaired) electrons. The molecule has 0 amide bonds. The Morgan fingerprint density at radius 3 is 2.39 bits per heavy atom. The monoisotopic (exact) mass is 251 g/mol. The first-order valence-corrected chi connectivity index (χ1v) is 7.98. The van der Waals surface area contributed by atoms with E-state index < -0.39 is 0 Å². The largest absolute Gasteiger partial charge is 0.343 e. The van der Waals surface area contributed by atoms with E-state index in [4.69, 9.17) is 0 Å². The Bertz CT molecular complexity index is 820. The van der Waals surface area contributed by atoms with E-state index in [1.807, 2.05) is 0 Å². The Hall–Kier alpha value is -1.72. The van der Waals surface area contributed by atoms with E-state index in [1.165, 1.54) is 26.9 Å². The lowest BCUT2D eigenvalue weighted by Crippen LogP contribution is -1.85. The van der Waals surface area contributed by atoms with E-state index in [2.05, 4.69) is 66.8 Å². The summed E-state index contributed by atoms with van der Waals surface area (Å²) in [5.74, 6) is 0. The van der Waals surface area contributed by atoms with Crippen molar-refractivity contribution in [1.29, 1.82) is 0 Å². The van der Waals surface area contributed by atoms with Crippen LogP contribution in [0.25, 0.3) is 32.0 Å². The Labute approximate surface area is 107 Å². The van der Waals surface area contributed by atoms with Crippen molar-refractivity contribution in [1.82, 2.24) is 4.57 Å². The maximum atomic E-state index is 2.38. The van der Waals surface area contributed by atoms with Gasteiger partial charge in [0.1, 0.15) is 0 Å². The molecule has 0 spiro atoms. The number of rotatable bonds is 0. The van der Waals surface area contributed by atoms with Crippen LogP contribution in [0.5, 0.6) is 0 Å². The minimum absolute atomic E-state index is 0.197. The minimum atomic E-state index is -0.197. The van der Waals surface area contributed by atoms with E-state index >= 15 is 0 Å². The molecule has 1 atom stereocenters. The van der Waals surface area contributed by atoms with Crippen molar-refractivity contribution in [2.24, 2.45) is 13.7 Å². The van der Waals surface area contributed by atoms with Gasteiger partial charge in [0.25, 0.3) is 0 Å². The predicted molar refractivity (Wildman–Crippen MR) is 81.6 cm³/mol. The molecule has 4 aromatic rings. The summed E-state index contributed by atoms with van der Waals surface area (Å²) in [4.78, 5) is 0. The fraction of sp³-hybridized carbons (Fsp3) is 0.125. The number of hydrogen-bond donors (Lipinski definition) is 0. The van der Waals surface area contributed by atoms with Crippen LogP contribution in [-0.4, -0.2) is 4.57 Å². The molecule has 1 unspecified atom stereocenters. The topological polar surface area (TPSA) is 4.93 Å². The molecule has 2 aromatic heterocycles. The molecule has 0 N–H and O–H groups in total. The first-order valence-electron chi connectivity index (χ1n) is 6.19. The van der Waals surface area contributed by atoms with Gasteiger partial charge in [-0.1, -0.05) is 42.5 Å². The molecule has 0 saturated heterocycles. The van der Waals surface area contributed by atoms with Crippen molar-refractivity contribution in [3.63, 3.8) is 0 Å². The fourth-order valence-corrected chi connectivity index (χ4v) is 5.34. The molecular weight excluding hydrogens is 237 g/mol. The van der Waals surface area contributed by atoms with Crippen LogP contribution in [0.15, 0.2) is 48.5 Å². The van der Waals surface area contributed by atoms with E-state index in [9.17, 15) is 0 Å². The van der Waals surface area contributed by atoms with Gasteiger partial charge in [-0.3, -0.25) is 0 Å². The predicted octanol–water partition coefficient (Wildman–Crippen LogP) is 5.01. The number of fused-ring (bicyclic) bond motifs is 5. The van der Waals surface area contributed by atoms with Gasteiger partial charge in [0.05, 0.1) is 5.52 Å². The molecule has 2 heteroatoms. The van der Waals surface area contributed by atoms with Crippen LogP contribution >= 0.6 is 7.53 Å². The van der Waals surface area contributed by atoms with Gasteiger partial charge in [0, 0.05) is 33.6 Å². The van der Waals surface area contributed by atoms with Crippen molar-refractivity contribution in [2.75, 3.05) is 0 Å². The van der Waals surface area contributed by atoms with Gasteiger partial charge in [0.15, 0.2) is 0 Å². The maximum absolute atomic E-state index is 2.38. The third-order valence-electron chi connectivity index (χ3n) is 3.94. The zero-order valence-electron chi connectivity index (χ0n) is 10.5. The molecule has 0 aliphatic carbocycles. The summed E-state index contributed by atoms with van der Waals surface area (Å²) >= 11 is 0. The van der Waals surface area contributed by atoms with Crippen molar-refractivity contribution >= 4 is 39.6 Å². The molecule has 0 aliphatic heterocycles.